The second kappa shape index (κ2) is 11.0. The zero-order valence-electron chi connectivity index (χ0n) is 19.8. The summed E-state index contributed by atoms with van der Waals surface area (Å²) in [6, 6.07) is 15.0. The van der Waals surface area contributed by atoms with Gasteiger partial charge in [-0.05, 0) is 85.4 Å². The lowest BCUT2D eigenvalue weighted by Gasteiger charge is -2.28. The maximum atomic E-state index is 15.0. The van der Waals surface area contributed by atoms with Gasteiger partial charge in [-0.3, -0.25) is 0 Å². The highest BCUT2D eigenvalue weighted by atomic mass is 19.2. The van der Waals surface area contributed by atoms with Crippen molar-refractivity contribution in [2.24, 2.45) is 5.92 Å². The standard InChI is InChI=1S/C29H31F3O2/c1-3-19-5-8-21(9-6-19)24-14-15-25(29(32)28(24)31)22-10-12-23(13-11-22)34-18-20-7-16-27(33-4-2)26(30)17-20/h7,10-17,19,21H,3-6,8-9,18H2,1-2H3. The molecule has 0 radical (unpaired) electrons. The Morgan fingerprint density at radius 3 is 2.18 bits per heavy atom. The first-order chi connectivity index (χ1) is 16.5. The van der Waals surface area contributed by atoms with Crippen LogP contribution in [0.2, 0.25) is 0 Å². The Balaban J connectivity index is 1.42. The second-order valence-electron chi connectivity index (χ2n) is 8.97. The van der Waals surface area contributed by atoms with E-state index in [0.717, 1.165) is 32.1 Å². The predicted molar refractivity (Wildman–Crippen MR) is 129 cm³/mol. The lowest BCUT2D eigenvalue weighted by atomic mass is 9.77. The topological polar surface area (TPSA) is 18.5 Å². The third-order valence-corrected chi connectivity index (χ3v) is 6.84. The Morgan fingerprint density at radius 2 is 1.53 bits per heavy atom. The molecule has 3 aromatic rings. The average Bonchev–Trinajstić information content (AvgIpc) is 2.86. The highest BCUT2D eigenvalue weighted by Gasteiger charge is 2.26. The van der Waals surface area contributed by atoms with Crippen molar-refractivity contribution >= 4 is 0 Å². The minimum Gasteiger partial charge on any atom is -0.491 e. The fraction of sp³-hybridized carbons (Fsp3) is 0.379. The molecule has 3 aromatic carbocycles. The predicted octanol–water partition coefficient (Wildman–Crippen LogP) is 8.43. The van der Waals surface area contributed by atoms with Gasteiger partial charge in [-0.1, -0.05) is 43.7 Å². The van der Waals surface area contributed by atoms with E-state index in [9.17, 15) is 13.2 Å². The molecule has 34 heavy (non-hydrogen) atoms. The zero-order chi connectivity index (χ0) is 24.1. The first kappa shape index (κ1) is 24.2. The van der Waals surface area contributed by atoms with Gasteiger partial charge in [-0.2, -0.15) is 0 Å². The third-order valence-electron chi connectivity index (χ3n) is 6.84. The van der Waals surface area contributed by atoms with Gasteiger partial charge in [-0.15, -0.1) is 0 Å². The first-order valence-corrected chi connectivity index (χ1v) is 12.1. The smallest absolute Gasteiger partial charge is 0.166 e. The van der Waals surface area contributed by atoms with E-state index in [4.69, 9.17) is 9.47 Å². The minimum absolute atomic E-state index is 0.0922. The van der Waals surface area contributed by atoms with Gasteiger partial charge in [0.15, 0.2) is 23.2 Å². The van der Waals surface area contributed by atoms with Crippen LogP contribution in [0.5, 0.6) is 11.5 Å². The first-order valence-electron chi connectivity index (χ1n) is 12.1. The maximum Gasteiger partial charge on any atom is 0.166 e. The van der Waals surface area contributed by atoms with Crippen LogP contribution in [-0.2, 0) is 6.61 Å². The van der Waals surface area contributed by atoms with Gasteiger partial charge >= 0.3 is 0 Å². The molecule has 1 fully saturated rings. The number of hydrogen-bond donors (Lipinski definition) is 0. The normalized spacial score (nSPS) is 18.0. The van der Waals surface area contributed by atoms with Crippen molar-refractivity contribution in [3.63, 3.8) is 0 Å². The van der Waals surface area contributed by atoms with E-state index >= 15 is 0 Å². The molecule has 0 N–H and O–H groups in total. The third kappa shape index (κ3) is 5.40. The molecule has 0 amide bonds. The SMILES string of the molecule is CCOc1ccc(COc2ccc(-c3ccc(C4CCC(CC)CC4)c(F)c3F)cc2)cc1F. The summed E-state index contributed by atoms with van der Waals surface area (Å²) in [5.41, 5.74) is 1.99. The molecule has 0 aliphatic heterocycles. The molecule has 4 rings (SSSR count). The largest absolute Gasteiger partial charge is 0.491 e. The van der Waals surface area contributed by atoms with Crippen molar-refractivity contribution in [2.45, 2.75) is 58.5 Å². The molecule has 0 aromatic heterocycles. The van der Waals surface area contributed by atoms with Gasteiger partial charge in [0.1, 0.15) is 12.4 Å². The van der Waals surface area contributed by atoms with Gasteiger partial charge in [-0.25, -0.2) is 13.2 Å². The van der Waals surface area contributed by atoms with Crippen molar-refractivity contribution in [2.75, 3.05) is 6.61 Å². The number of ether oxygens (including phenoxy) is 2. The number of rotatable bonds is 8. The van der Waals surface area contributed by atoms with Crippen molar-refractivity contribution in [3.8, 4) is 22.6 Å². The lowest BCUT2D eigenvalue weighted by Crippen LogP contribution is -2.14. The van der Waals surface area contributed by atoms with Crippen LogP contribution < -0.4 is 9.47 Å². The molecule has 1 aliphatic rings. The number of hydrogen-bond acceptors (Lipinski definition) is 2. The Morgan fingerprint density at radius 1 is 0.794 bits per heavy atom. The summed E-state index contributed by atoms with van der Waals surface area (Å²) in [5, 5.41) is 0. The summed E-state index contributed by atoms with van der Waals surface area (Å²) >= 11 is 0. The van der Waals surface area contributed by atoms with E-state index in [-0.39, 0.29) is 23.8 Å². The molecule has 0 spiro atoms. The van der Waals surface area contributed by atoms with Crippen LogP contribution in [0, 0.1) is 23.4 Å². The molecule has 1 saturated carbocycles. The Labute approximate surface area is 199 Å². The Hall–Kier alpha value is -2.95. The molecule has 0 bridgehead atoms. The second-order valence-corrected chi connectivity index (χ2v) is 8.97. The van der Waals surface area contributed by atoms with Gasteiger partial charge in [0, 0.05) is 5.56 Å². The van der Waals surface area contributed by atoms with Crippen molar-refractivity contribution < 1.29 is 22.6 Å². The van der Waals surface area contributed by atoms with Crippen LogP contribution in [0.3, 0.4) is 0 Å². The van der Waals surface area contributed by atoms with Crippen LogP contribution in [0.25, 0.3) is 11.1 Å². The fourth-order valence-corrected chi connectivity index (χ4v) is 4.79. The van der Waals surface area contributed by atoms with Crippen LogP contribution in [0.15, 0.2) is 54.6 Å². The molecule has 2 nitrogen and oxygen atoms in total. The zero-order valence-corrected chi connectivity index (χ0v) is 19.8. The molecule has 0 heterocycles. The molecule has 5 heteroatoms. The van der Waals surface area contributed by atoms with Gasteiger partial charge < -0.3 is 9.47 Å². The molecule has 0 atom stereocenters. The van der Waals surface area contributed by atoms with Crippen LogP contribution >= 0.6 is 0 Å². The van der Waals surface area contributed by atoms with Crippen LogP contribution in [0.4, 0.5) is 13.2 Å². The van der Waals surface area contributed by atoms with E-state index < -0.39 is 17.5 Å². The van der Waals surface area contributed by atoms with E-state index in [1.54, 1.807) is 55.5 Å². The van der Waals surface area contributed by atoms with Crippen molar-refractivity contribution in [1.29, 1.82) is 0 Å². The Bertz CT molecular complexity index is 1100. The number of benzene rings is 3. The highest BCUT2D eigenvalue weighted by Crippen LogP contribution is 2.39. The van der Waals surface area contributed by atoms with Crippen molar-refractivity contribution in [1.82, 2.24) is 0 Å². The van der Waals surface area contributed by atoms with Crippen molar-refractivity contribution in [3.05, 3.63) is 83.2 Å². The summed E-state index contributed by atoms with van der Waals surface area (Å²) in [6.45, 7) is 4.57. The summed E-state index contributed by atoms with van der Waals surface area (Å²) in [7, 11) is 0. The summed E-state index contributed by atoms with van der Waals surface area (Å²) < 4.78 is 54.9. The van der Waals surface area contributed by atoms with Gasteiger partial charge in [0.2, 0.25) is 0 Å². The number of halogens is 3. The van der Waals surface area contributed by atoms with E-state index in [0.29, 0.717) is 35.0 Å². The summed E-state index contributed by atoms with van der Waals surface area (Å²) in [5.74, 6) is -0.387. The molecule has 0 saturated heterocycles. The minimum atomic E-state index is -0.798. The van der Waals surface area contributed by atoms with Gasteiger partial charge in [0.05, 0.1) is 6.61 Å². The van der Waals surface area contributed by atoms with Crippen LogP contribution in [0.1, 0.15) is 63.0 Å². The van der Waals surface area contributed by atoms with Crippen LogP contribution in [-0.4, -0.2) is 6.61 Å². The monoisotopic (exact) mass is 468 g/mol. The van der Waals surface area contributed by atoms with Gasteiger partial charge in [0.25, 0.3) is 0 Å². The molecule has 0 unspecified atom stereocenters. The summed E-state index contributed by atoms with van der Waals surface area (Å²) in [6.07, 6.45) is 5.14. The highest BCUT2D eigenvalue weighted by molar-refractivity contribution is 5.65. The lowest BCUT2D eigenvalue weighted by molar-refractivity contribution is 0.302. The summed E-state index contributed by atoms with van der Waals surface area (Å²) in [4.78, 5) is 0. The molecular formula is C29H31F3O2. The molecular weight excluding hydrogens is 437 g/mol. The van der Waals surface area contributed by atoms with E-state index in [1.807, 2.05) is 0 Å². The fourth-order valence-electron chi connectivity index (χ4n) is 4.79. The van der Waals surface area contributed by atoms with E-state index in [2.05, 4.69) is 6.92 Å². The van der Waals surface area contributed by atoms with E-state index in [1.165, 1.54) is 6.07 Å². The molecule has 180 valence electrons. The Kier molecular flexibility index (Phi) is 7.81. The average molecular weight is 469 g/mol. The maximum absolute atomic E-state index is 15.0. The quantitative estimate of drug-likeness (QED) is 0.330. The molecule has 1 aliphatic carbocycles.